The van der Waals surface area contributed by atoms with E-state index in [-0.39, 0.29) is 30.7 Å². The second kappa shape index (κ2) is 8.16. The van der Waals surface area contributed by atoms with Crippen LogP contribution in [0.2, 0.25) is 0 Å². The predicted molar refractivity (Wildman–Crippen MR) is 93.8 cm³/mol. The van der Waals surface area contributed by atoms with Crippen molar-refractivity contribution in [3.63, 3.8) is 0 Å². The average molecular weight is 346 g/mol. The van der Waals surface area contributed by atoms with Crippen molar-refractivity contribution in [1.82, 2.24) is 9.80 Å². The lowest BCUT2D eigenvalue weighted by atomic mass is 10.1. The molecule has 2 aliphatic rings. The number of piperazine rings is 1. The molecule has 0 bridgehead atoms. The van der Waals surface area contributed by atoms with Crippen LogP contribution in [0.3, 0.4) is 0 Å². The van der Waals surface area contributed by atoms with Gasteiger partial charge in [-0.2, -0.15) is 0 Å². The Kier molecular flexibility index (Phi) is 7.13. The molecule has 124 valence electrons. The van der Waals surface area contributed by atoms with E-state index in [1.807, 2.05) is 4.90 Å². The smallest absolute Gasteiger partial charge is 0.242 e. The largest absolute Gasteiger partial charge is 0.339 e. The lowest BCUT2D eigenvalue weighted by Crippen LogP contribution is -2.54. The Labute approximate surface area is 144 Å². The molecule has 0 atom stereocenters. The Morgan fingerprint density at radius 1 is 1.05 bits per heavy atom. The van der Waals surface area contributed by atoms with Crippen molar-refractivity contribution in [2.24, 2.45) is 5.73 Å². The number of hydrogen-bond acceptors (Lipinski definition) is 3. The number of halogens is 2. The van der Waals surface area contributed by atoms with Gasteiger partial charge in [0, 0.05) is 32.7 Å². The minimum absolute atomic E-state index is 0. The van der Waals surface area contributed by atoms with Gasteiger partial charge in [0.2, 0.25) is 5.91 Å². The van der Waals surface area contributed by atoms with E-state index in [4.69, 9.17) is 5.73 Å². The van der Waals surface area contributed by atoms with Crippen LogP contribution in [0, 0.1) is 0 Å². The molecule has 0 radical (unpaired) electrons. The first-order valence-electron chi connectivity index (χ1n) is 7.52. The third kappa shape index (κ3) is 4.59. The summed E-state index contributed by atoms with van der Waals surface area (Å²) in [6, 6.07) is 10.6. The van der Waals surface area contributed by atoms with Crippen molar-refractivity contribution >= 4 is 30.7 Å². The van der Waals surface area contributed by atoms with Gasteiger partial charge in [0.25, 0.3) is 0 Å². The fraction of sp³-hybridized carbons (Fsp3) is 0.562. The summed E-state index contributed by atoms with van der Waals surface area (Å²) in [5.74, 6) is 0.167. The first-order chi connectivity index (χ1) is 9.67. The normalized spacial score (nSPS) is 19.8. The minimum atomic E-state index is -0.508. The molecule has 22 heavy (non-hydrogen) atoms. The highest BCUT2D eigenvalue weighted by Crippen LogP contribution is 2.34. The molecule has 1 aromatic rings. The summed E-state index contributed by atoms with van der Waals surface area (Å²) in [5.41, 5.74) is 6.86. The van der Waals surface area contributed by atoms with E-state index in [9.17, 15) is 4.79 Å². The van der Waals surface area contributed by atoms with Gasteiger partial charge in [-0.3, -0.25) is 9.69 Å². The Hall–Kier alpha value is -0.810. The number of amides is 1. The summed E-state index contributed by atoms with van der Waals surface area (Å²) < 4.78 is 0. The standard InChI is InChI=1S/C16H23N3O.2ClH/c17-16(7-8-16)15(20)19-12-10-18(11-13-19)9-6-14-4-2-1-3-5-14;;/h1-5H,6-13,17H2;2*1H. The minimum Gasteiger partial charge on any atom is -0.339 e. The van der Waals surface area contributed by atoms with Crippen molar-refractivity contribution in [1.29, 1.82) is 0 Å². The van der Waals surface area contributed by atoms with Crippen LogP contribution in [-0.2, 0) is 11.2 Å². The zero-order valence-electron chi connectivity index (χ0n) is 12.7. The molecular weight excluding hydrogens is 321 g/mol. The van der Waals surface area contributed by atoms with E-state index in [0.717, 1.165) is 52.0 Å². The van der Waals surface area contributed by atoms with Crippen molar-refractivity contribution in [2.45, 2.75) is 24.8 Å². The molecule has 1 saturated carbocycles. The molecule has 1 heterocycles. The van der Waals surface area contributed by atoms with E-state index in [0.29, 0.717) is 0 Å². The molecule has 0 unspecified atom stereocenters. The van der Waals surface area contributed by atoms with Crippen molar-refractivity contribution < 1.29 is 4.79 Å². The van der Waals surface area contributed by atoms with Gasteiger partial charge in [-0.05, 0) is 24.8 Å². The van der Waals surface area contributed by atoms with Crippen LogP contribution in [0.25, 0.3) is 0 Å². The zero-order chi connectivity index (χ0) is 14.0. The van der Waals surface area contributed by atoms with Crippen molar-refractivity contribution in [2.75, 3.05) is 32.7 Å². The monoisotopic (exact) mass is 345 g/mol. The van der Waals surface area contributed by atoms with Gasteiger partial charge in [0.05, 0.1) is 5.54 Å². The number of carbonyl (C=O) groups excluding carboxylic acids is 1. The summed E-state index contributed by atoms with van der Waals surface area (Å²) in [4.78, 5) is 16.5. The molecule has 0 spiro atoms. The van der Waals surface area contributed by atoms with Crippen LogP contribution in [-0.4, -0.2) is 54.0 Å². The molecule has 1 aliphatic carbocycles. The lowest BCUT2D eigenvalue weighted by molar-refractivity contribution is -0.135. The molecule has 6 heteroatoms. The van der Waals surface area contributed by atoms with Gasteiger partial charge in [-0.1, -0.05) is 30.3 Å². The van der Waals surface area contributed by atoms with Gasteiger partial charge in [-0.25, -0.2) is 0 Å². The quantitative estimate of drug-likeness (QED) is 0.903. The zero-order valence-corrected chi connectivity index (χ0v) is 14.4. The van der Waals surface area contributed by atoms with Crippen LogP contribution in [0.4, 0.5) is 0 Å². The Morgan fingerprint density at radius 3 is 2.18 bits per heavy atom. The molecule has 0 aromatic heterocycles. The van der Waals surface area contributed by atoms with Crippen LogP contribution >= 0.6 is 24.8 Å². The second-order valence-corrected chi connectivity index (χ2v) is 6.03. The van der Waals surface area contributed by atoms with Gasteiger partial charge in [-0.15, -0.1) is 24.8 Å². The van der Waals surface area contributed by atoms with Gasteiger partial charge < -0.3 is 10.6 Å². The highest BCUT2D eigenvalue weighted by molar-refractivity contribution is 5.89. The Morgan fingerprint density at radius 2 is 1.64 bits per heavy atom. The highest BCUT2D eigenvalue weighted by atomic mass is 35.5. The number of nitrogens with two attached hydrogens (primary N) is 1. The van der Waals surface area contributed by atoms with Crippen LogP contribution in [0.5, 0.6) is 0 Å². The highest BCUT2D eigenvalue weighted by Gasteiger charge is 2.48. The average Bonchev–Trinajstić information content (AvgIpc) is 3.25. The number of rotatable bonds is 4. The molecule has 1 saturated heterocycles. The first kappa shape index (κ1) is 19.2. The van der Waals surface area contributed by atoms with Crippen LogP contribution in [0.15, 0.2) is 30.3 Å². The van der Waals surface area contributed by atoms with E-state index in [2.05, 4.69) is 35.2 Å². The maximum absolute atomic E-state index is 12.2. The third-order valence-corrected chi connectivity index (χ3v) is 4.43. The maximum atomic E-state index is 12.2. The first-order valence-corrected chi connectivity index (χ1v) is 7.52. The van der Waals surface area contributed by atoms with E-state index >= 15 is 0 Å². The van der Waals surface area contributed by atoms with Gasteiger partial charge >= 0.3 is 0 Å². The summed E-state index contributed by atoms with van der Waals surface area (Å²) in [7, 11) is 0. The maximum Gasteiger partial charge on any atom is 0.242 e. The molecule has 4 nitrogen and oxygen atoms in total. The second-order valence-electron chi connectivity index (χ2n) is 6.03. The summed E-state index contributed by atoms with van der Waals surface area (Å²) in [5, 5.41) is 0. The van der Waals surface area contributed by atoms with Crippen molar-refractivity contribution in [3.8, 4) is 0 Å². The SMILES string of the molecule is Cl.Cl.NC1(C(=O)N2CCN(CCc3ccccc3)CC2)CC1. The molecule has 1 aromatic carbocycles. The summed E-state index contributed by atoms with van der Waals surface area (Å²) in [6.45, 7) is 4.66. The van der Waals surface area contributed by atoms with Crippen LogP contribution in [0.1, 0.15) is 18.4 Å². The molecule has 1 amide bonds. The topological polar surface area (TPSA) is 49.6 Å². The summed E-state index contributed by atoms with van der Waals surface area (Å²) >= 11 is 0. The Balaban J connectivity index is 0.00000121. The molecule has 2 fully saturated rings. The molecule has 2 N–H and O–H groups in total. The number of hydrogen-bond donors (Lipinski definition) is 1. The van der Waals surface area contributed by atoms with E-state index < -0.39 is 5.54 Å². The fourth-order valence-corrected chi connectivity index (χ4v) is 2.77. The van der Waals surface area contributed by atoms with E-state index in [1.54, 1.807) is 0 Å². The number of benzene rings is 1. The van der Waals surface area contributed by atoms with Crippen LogP contribution < -0.4 is 5.73 Å². The number of nitrogens with zero attached hydrogens (tertiary/aromatic N) is 2. The third-order valence-electron chi connectivity index (χ3n) is 4.43. The van der Waals surface area contributed by atoms with E-state index in [1.165, 1.54) is 5.56 Å². The van der Waals surface area contributed by atoms with Gasteiger partial charge in [0.15, 0.2) is 0 Å². The predicted octanol–water partition coefficient (Wildman–Crippen LogP) is 1.71. The molecule has 1 aliphatic heterocycles. The van der Waals surface area contributed by atoms with Gasteiger partial charge in [0.1, 0.15) is 0 Å². The lowest BCUT2D eigenvalue weighted by Gasteiger charge is -2.36. The molecule has 3 rings (SSSR count). The van der Waals surface area contributed by atoms with Crippen molar-refractivity contribution in [3.05, 3.63) is 35.9 Å². The number of carbonyl (C=O) groups is 1. The summed E-state index contributed by atoms with van der Waals surface area (Å²) in [6.07, 6.45) is 2.80. The molecular formula is C16H25Cl2N3O. The fourth-order valence-electron chi connectivity index (χ4n) is 2.77. The Bertz CT molecular complexity index is 472.